The minimum atomic E-state index is 0.672. The maximum atomic E-state index is 3.52. The lowest BCUT2D eigenvalue weighted by Gasteiger charge is -2.10. The topological polar surface area (TPSA) is 12.0 Å². The number of thiophene rings is 1. The van der Waals surface area contributed by atoms with Crippen LogP contribution in [0.25, 0.3) is 0 Å². The van der Waals surface area contributed by atoms with Crippen molar-refractivity contribution in [3.63, 3.8) is 0 Å². The van der Waals surface area contributed by atoms with Crippen molar-refractivity contribution in [1.29, 1.82) is 0 Å². The molecular weight excluding hydrogens is 222 g/mol. The van der Waals surface area contributed by atoms with Crippen molar-refractivity contribution in [2.24, 2.45) is 0 Å². The standard InChI is InChI=1S/C12H21NS2/c1-3-4-5-8-13-10-11(2)15-12-7-6-9-14-12/h6-7,9,11,13H,3-5,8,10H2,1-2H3. The van der Waals surface area contributed by atoms with E-state index in [1.165, 1.54) is 30.0 Å². The minimum absolute atomic E-state index is 0.672. The predicted molar refractivity (Wildman–Crippen MR) is 72.0 cm³/mol. The molecule has 1 aromatic heterocycles. The van der Waals surface area contributed by atoms with Crippen LogP contribution in [0.2, 0.25) is 0 Å². The summed E-state index contributed by atoms with van der Waals surface area (Å²) in [6.07, 6.45) is 3.97. The zero-order valence-electron chi connectivity index (χ0n) is 9.66. The van der Waals surface area contributed by atoms with Gasteiger partial charge in [-0.05, 0) is 24.4 Å². The summed E-state index contributed by atoms with van der Waals surface area (Å²) in [4.78, 5) is 0. The Kier molecular flexibility index (Phi) is 7.14. The molecule has 15 heavy (non-hydrogen) atoms. The van der Waals surface area contributed by atoms with Crippen LogP contribution in [0.4, 0.5) is 0 Å². The highest BCUT2D eigenvalue weighted by Gasteiger charge is 2.03. The molecule has 86 valence electrons. The summed E-state index contributed by atoms with van der Waals surface area (Å²) < 4.78 is 1.43. The fraction of sp³-hybridized carbons (Fsp3) is 0.667. The van der Waals surface area contributed by atoms with Crippen LogP contribution in [0.3, 0.4) is 0 Å². The number of unbranched alkanes of at least 4 members (excludes halogenated alkanes) is 2. The van der Waals surface area contributed by atoms with Crippen LogP contribution in [-0.2, 0) is 0 Å². The van der Waals surface area contributed by atoms with Crippen LogP contribution in [0.1, 0.15) is 33.1 Å². The van der Waals surface area contributed by atoms with Crippen LogP contribution >= 0.6 is 23.1 Å². The molecule has 0 saturated heterocycles. The predicted octanol–water partition coefficient (Wildman–Crippen LogP) is 4.01. The Balaban J connectivity index is 2.01. The first kappa shape index (κ1) is 13.1. The summed E-state index contributed by atoms with van der Waals surface area (Å²) >= 11 is 3.80. The molecule has 0 radical (unpaired) electrons. The third-order valence-electron chi connectivity index (χ3n) is 2.20. The average Bonchev–Trinajstić information content (AvgIpc) is 2.70. The Morgan fingerprint density at radius 1 is 1.47 bits per heavy atom. The first-order valence-corrected chi connectivity index (χ1v) is 7.49. The van der Waals surface area contributed by atoms with E-state index in [1.54, 1.807) is 0 Å². The normalized spacial score (nSPS) is 12.9. The third-order valence-corrected chi connectivity index (χ3v) is 4.38. The van der Waals surface area contributed by atoms with Gasteiger partial charge in [-0.3, -0.25) is 0 Å². The molecule has 3 heteroatoms. The van der Waals surface area contributed by atoms with Crippen molar-refractivity contribution in [3.8, 4) is 0 Å². The molecule has 0 aliphatic heterocycles. The maximum Gasteiger partial charge on any atom is 0.0601 e. The van der Waals surface area contributed by atoms with Gasteiger partial charge in [0.25, 0.3) is 0 Å². The Hall–Kier alpha value is 0.01000. The van der Waals surface area contributed by atoms with Crippen LogP contribution < -0.4 is 5.32 Å². The molecule has 0 aliphatic carbocycles. The highest BCUT2D eigenvalue weighted by Crippen LogP contribution is 2.26. The summed E-state index contributed by atoms with van der Waals surface area (Å²) in [6, 6.07) is 4.32. The van der Waals surface area contributed by atoms with Crippen molar-refractivity contribution in [1.82, 2.24) is 5.32 Å². The fourth-order valence-electron chi connectivity index (χ4n) is 1.38. The number of hydrogen-bond acceptors (Lipinski definition) is 3. The first-order chi connectivity index (χ1) is 7.33. The van der Waals surface area contributed by atoms with E-state index in [-0.39, 0.29) is 0 Å². The van der Waals surface area contributed by atoms with Crippen LogP contribution in [0.5, 0.6) is 0 Å². The summed E-state index contributed by atoms with van der Waals surface area (Å²) in [5.74, 6) is 0. The molecule has 1 N–H and O–H groups in total. The number of nitrogens with one attached hydrogen (secondary N) is 1. The Morgan fingerprint density at radius 3 is 3.00 bits per heavy atom. The molecule has 0 aromatic carbocycles. The fourth-order valence-corrected chi connectivity index (χ4v) is 3.46. The number of hydrogen-bond donors (Lipinski definition) is 1. The lowest BCUT2D eigenvalue weighted by Crippen LogP contribution is -2.23. The van der Waals surface area contributed by atoms with E-state index in [2.05, 4.69) is 36.7 Å². The zero-order valence-corrected chi connectivity index (χ0v) is 11.3. The summed E-state index contributed by atoms with van der Waals surface area (Å²) in [7, 11) is 0. The van der Waals surface area contributed by atoms with E-state index in [1.807, 2.05) is 23.1 Å². The summed E-state index contributed by atoms with van der Waals surface area (Å²) in [6.45, 7) is 6.82. The molecule has 1 aromatic rings. The van der Waals surface area contributed by atoms with Gasteiger partial charge in [-0.1, -0.05) is 32.8 Å². The van der Waals surface area contributed by atoms with Gasteiger partial charge < -0.3 is 5.32 Å². The minimum Gasteiger partial charge on any atom is -0.316 e. The second-order valence-electron chi connectivity index (χ2n) is 3.77. The van der Waals surface area contributed by atoms with E-state index in [0.717, 1.165) is 6.54 Å². The summed E-state index contributed by atoms with van der Waals surface area (Å²) in [5, 5.41) is 6.33. The van der Waals surface area contributed by atoms with Crippen molar-refractivity contribution in [2.75, 3.05) is 13.1 Å². The van der Waals surface area contributed by atoms with Crippen LogP contribution in [0.15, 0.2) is 21.7 Å². The van der Waals surface area contributed by atoms with E-state index >= 15 is 0 Å². The molecule has 0 bridgehead atoms. The smallest absolute Gasteiger partial charge is 0.0601 e. The van der Waals surface area contributed by atoms with Crippen molar-refractivity contribution >= 4 is 23.1 Å². The van der Waals surface area contributed by atoms with Gasteiger partial charge in [0.05, 0.1) is 4.21 Å². The third kappa shape index (κ3) is 6.23. The monoisotopic (exact) mass is 243 g/mol. The van der Waals surface area contributed by atoms with Gasteiger partial charge in [-0.15, -0.1) is 23.1 Å². The highest BCUT2D eigenvalue weighted by atomic mass is 32.2. The van der Waals surface area contributed by atoms with Crippen molar-refractivity contribution < 1.29 is 0 Å². The SMILES string of the molecule is CCCCCNCC(C)Sc1cccs1. The van der Waals surface area contributed by atoms with Gasteiger partial charge in [0, 0.05) is 11.8 Å². The van der Waals surface area contributed by atoms with E-state index in [4.69, 9.17) is 0 Å². The molecule has 0 amide bonds. The molecule has 1 rings (SSSR count). The molecular formula is C12H21NS2. The average molecular weight is 243 g/mol. The zero-order chi connectivity index (χ0) is 10.9. The van der Waals surface area contributed by atoms with Gasteiger partial charge >= 0.3 is 0 Å². The lowest BCUT2D eigenvalue weighted by molar-refractivity contribution is 0.616. The quantitative estimate of drug-likeness (QED) is 0.547. The Bertz CT molecular complexity index is 234. The van der Waals surface area contributed by atoms with E-state index < -0.39 is 0 Å². The molecule has 1 heterocycles. The van der Waals surface area contributed by atoms with Crippen LogP contribution in [0, 0.1) is 0 Å². The second kappa shape index (κ2) is 8.20. The molecule has 1 nitrogen and oxygen atoms in total. The van der Waals surface area contributed by atoms with Crippen LogP contribution in [-0.4, -0.2) is 18.3 Å². The molecule has 0 fully saturated rings. The number of rotatable bonds is 8. The molecule has 0 saturated carbocycles. The first-order valence-electron chi connectivity index (χ1n) is 5.73. The van der Waals surface area contributed by atoms with E-state index in [0.29, 0.717) is 5.25 Å². The second-order valence-corrected chi connectivity index (χ2v) is 6.46. The largest absolute Gasteiger partial charge is 0.316 e. The molecule has 1 atom stereocenters. The van der Waals surface area contributed by atoms with Crippen molar-refractivity contribution in [3.05, 3.63) is 17.5 Å². The maximum absolute atomic E-state index is 3.52. The van der Waals surface area contributed by atoms with Gasteiger partial charge in [0.2, 0.25) is 0 Å². The molecule has 0 aliphatic rings. The van der Waals surface area contributed by atoms with Crippen molar-refractivity contribution in [2.45, 2.75) is 42.6 Å². The Morgan fingerprint density at radius 2 is 2.33 bits per heavy atom. The molecule has 1 unspecified atom stereocenters. The van der Waals surface area contributed by atoms with Gasteiger partial charge in [0.1, 0.15) is 0 Å². The number of thioether (sulfide) groups is 1. The molecule has 0 spiro atoms. The lowest BCUT2D eigenvalue weighted by atomic mass is 10.2. The summed E-state index contributed by atoms with van der Waals surface area (Å²) in [5.41, 5.74) is 0. The van der Waals surface area contributed by atoms with Gasteiger partial charge in [0.15, 0.2) is 0 Å². The van der Waals surface area contributed by atoms with Gasteiger partial charge in [-0.25, -0.2) is 0 Å². The van der Waals surface area contributed by atoms with E-state index in [9.17, 15) is 0 Å². The highest BCUT2D eigenvalue weighted by molar-refractivity contribution is 8.01. The van der Waals surface area contributed by atoms with Gasteiger partial charge in [-0.2, -0.15) is 0 Å². The Labute approximate surface area is 102 Å².